The number of amides is 1. The van der Waals surface area contributed by atoms with Crippen LogP contribution in [0.15, 0.2) is 54.0 Å². The van der Waals surface area contributed by atoms with Crippen molar-refractivity contribution in [3.8, 4) is 11.5 Å². The number of hydrogen-bond donors (Lipinski definition) is 2. The van der Waals surface area contributed by atoms with Crippen LogP contribution in [0.5, 0.6) is 11.5 Å². The molecule has 0 spiro atoms. The highest BCUT2D eigenvalue weighted by Gasteiger charge is 2.27. The lowest BCUT2D eigenvalue weighted by atomic mass is 10.2. The Labute approximate surface area is 173 Å². The van der Waals surface area contributed by atoms with Crippen molar-refractivity contribution in [3.63, 3.8) is 0 Å². The van der Waals surface area contributed by atoms with Crippen molar-refractivity contribution in [2.45, 2.75) is 12.4 Å². The van der Waals surface area contributed by atoms with Crippen molar-refractivity contribution in [1.29, 1.82) is 0 Å². The number of halogens is 1. The average molecular weight is 417 g/mol. The summed E-state index contributed by atoms with van der Waals surface area (Å²) in [7, 11) is 1.58. The molecule has 1 saturated heterocycles. The van der Waals surface area contributed by atoms with E-state index >= 15 is 0 Å². The minimum Gasteiger partial charge on any atom is -0.493 e. The molecule has 1 fully saturated rings. The maximum absolute atomic E-state index is 12.4. The number of nitrogens with one attached hydrogen (secondary N) is 2. The zero-order valence-electron chi connectivity index (χ0n) is 15.6. The molecule has 7 heteroatoms. The average Bonchev–Trinajstić information content (AvgIpc) is 3.02. The fraction of sp³-hybridized carbons (Fsp3) is 0.190. The molecule has 1 aliphatic rings. The third-order valence-electron chi connectivity index (χ3n) is 4.06. The van der Waals surface area contributed by atoms with Gasteiger partial charge in [0.25, 0.3) is 5.91 Å². The van der Waals surface area contributed by atoms with Crippen LogP contribution in [-0.2, 0) is 4.79 Å². The van der Waals surface area contributed by atoms with Gasteiger partial charge in [-0.25, -0.2) is 0 Å². The van der Waals surface area contributed by atoms with E-state index < -0.39 is 0 Å². The Bertz CT molecular complexity index is 930. The molecule has 1 atom stereocenters. The van der Waals surface area contributed by atoms with Crippen LogP contribution < -0.4 is 20.1 Å². The summed E-state index contributed by atoms with van der Waals surface area (Å²) < 4.78 is 10.9. The highest BCUT2D eigenvalue weighted by molar-refractivity contribution is 8.05. The molecule has 1 amide bonds. The van der Waals surface area contributed by atoms with Crippen LogP contribution in [0.2, 0.25) is 5.02 Å². The first-order valence-corrected chi connectivity index (χ1v) is 9.89. The molecule has 2 N–H and O–H groups in total. The van der Waals surface area contributed by atoms with Crippen LogP contribution in [-0.4, -0.2) is 25.1 Å². The molecule has 1 unspecified atom stereocenters. The summed E-state index contributed by atoms with van der Waals surface area (Å²) in [5.74, 6) is 1.10. The largest absolute Gasteiger partial charge is 0.493 e. The molecule has 28 heavy (non-hydrogen) atoms. The molecular weight excluding hydrogens is 396 g/mol. The van der Waals surface area contributed by atoms with E-state index in [4.69, 9.17) is 21.1 Å². The number of rotatable bonds is 7. The number of ether oxygens (including phenoxy) is 2. The van der Waals surface area contributed by atoms with Crippen molar-refractivity contribution in [3.05, 3.63) is 70.1 Å². The fourth-order valence-electron chi connectivity index (χ4n) is 2.65. The van der Waals surface area contributed by atoms with Crippen LogP contribution in [0, 0.1) is 6.92 Å². The minimum atomic E-state index is -0.270. The van der Waals surface area contributed by atoms with Gasteiger partial charge in [-0.1, -0.05) is 48.2 Å². The quantitative estimate of drug-likeness (QED) is 0.500. The van der Waals surface area contributed by atoms with Crippen molar-refractivity contribution in [2.75, 3.05) is 19.0 Å². The Balaban J connectivity index is 1.75. The monoisotopic (exact) mass is 416 g/mol. The molecule has 5 nitrogen and oxygen atoms in total. The maximum Gasteiger partial charge on any atom is 0.260 e. The molecule has 1 aliphatic heterocycles. The molecule has 3 rings (SSSR count). The minimum absolute atomic E-state index is 0.131. The van der Waals surface area contributed by atoms with Crippen LogP contribution in [0.4, 0.5) is 5.69 Å². The lowest BCUT2D eigenvalue weighted by Gasteiger charge is -2.15. The summed E-state index contributed by atoms with van der Waals surface area (Å²) >= 11 is 7.48. The second-order valence-electron chi connectivity index (χ2n) is 6.09. The van der Waals surface area contributed by atoms with Gasteiger partial charge in [-0.3, -0.25) is 4.79 Å². The third kappa shape index (κ3) is 4.82. The van der Waals surface area contributed by atoms with E-state index in [0.29, 0.717) is 28.0 Å². The predicted octanol–water partition coefficient (Wildman–Crippen LogP) is 4.82. The van der Waals surface area contributed by atoms with Gasteiger partial charge in [0.05, 0.1) is 12.0 Å². The van der Waals surface area contributed by atoms with E-state index in [9.17, 15) is 4.79 Å². The van der Waals surface area contributed by atoms with Gasteiger partial charge in [-0.2, -0.15) is 0 Å². The van der Waals surface area contributed by atoms with Gasteiger partial charge in [0.2, 0.25) is 0 Å². The Morgan fingerprint density at radius 3 is 2.86 bits per heavy atom. The maximum atomic E-state index is 12.4. The van der Waals surface area contributed by atoms with Gasteiger partial charge in [0.15, 0.2) is 17.0 Å². The Kier molecular flexibility index (Phi) is 6.54. The summed E-state index contributed by atoms with van der Waals surface area (Å²) in [5, 5.41) is 6.87. The van der Waals surface area contributed by atoms with E-state index in [0.717, 1.165) is 16.8 Å². The summed E-state index contributed by atoms with van der Waals surface area (Å²) in [6.07, 6.45) is 3.50. The normalized spacial score (nSPS) is 17.3. The predicted molar refractivity (Wildman–Crippen MR) is 116 cm³/mol. The Morgan fingerprint density at radius 2 is 2.11 bits per heavy atom. The molecule has 1 heterocycles. The lowest BCUT2D eigenvalue weighted by molar-refractivity contribution is -0.116. The topological polar surface area (TPSA) is 59.6 Å². The zero-order valence-corrected chi connectivity index (χ0v) is 17.2. The van der Waals surface area contributed by atoms with E-state index in [-0.39, 0.29) is 11.4 Å². The number of aryl methyl sites for hydroxylation is 1. The number of thioether (sulfide) groups is 1. The Morgan fingerprint density at radius 1 is 1.29 bits per heavy atom. The smallest absolute Gasteiger partial charge is 0.260 e. The molecule has 2 aromatic rings. The number of benzene rings is 2. The molecule has 2 aromatic carbocycles. The molecule has 0 aliphatic carbocycles. The van der Waals surface area contributed by atoms with Gasteiger partial charge >= 0.3 is 0 Å². The highest BCUT2D eigenvalue weighted by atomic mass is 35.5. The SMILES string of the molecule is C=CCOc1ccc(/C=C2\SC(Nc3cc(Cl)ccc3C)NC2=O)cc1OC. The number of carbonyl (C=O) groups excluding carboxylic acids is 1. The second-order valence-corrected chi connectivity index (χ2v) is 7.68. The summed E-state index contributed by atoms with van der Waals surface area (Å²) in [6, 6.07) is 11.1. The van der Waals surface area contributed by atoms with Crippen molar-refractivity contribution >= 4 is 41.0 Å². The van der Waals surface area contributed by atoms with Gasteiger partial charge in [0.1, 0.15) is 6.61 Å². The molecule has 0 bridgehead atoms. The van der Waals surface area contributed by atoms with Crippen LogP contribution >= 0.6 is 23.4 Å². The summed E-state index contributed by atoms with van der Waals surface area (Å²) in [4.78, 5) is 13.0. The number of methoxy groups -OCH3 is 1. The standard InChI is InChI=1S/C21H21ClN2O3S/c1-4-9-27-17-8-6-14(10-18(17)26-3)11-19-20(25)24-21(28-19)23-16-12-15(22)7-5-13(16)2/h4-8,10-12,21,23H,1,9H2,2-3H3,(H,24,25)/b19-11-. The first-order valence-electron chi connectivity index (χ1n) is 8.64. The highest BCUT2D eigenvalue weighted by Crippen LogP contribution is 2.34. The molecule has 0 radical (unpaired) electrons. The number of hydrogen-bond acceptors (Lipinski definition) is 5. The van der Waals surface area contributed by atoms with Crippen LogP contribution in [0.3, 0.4) is 0 Å². The van der Waals surface area contributed by atoms with E-state index in [1.807, 2.05) is 49.4 Å². The van der Waals surface area contributed by atoms with Crippen molar-refractivity contribution in [2.24, 2.45) is 0 Å². The van der Waals surface area contributed by atoms with Crippen LogP contribution in [0.25, 0.3) is 6.08 Å². The van der Waals surface area contributed by atoms with Gasteiger partial charge < -0.3 is 20.1 Å². The van der Waals surface area contributed by atoms with E-state index in [2.05, 4.69) is 17.2 Å². The van der Waals surface area contributed by atoms with Gasteiger partial charge in [0, 0.05) is 10.7 Å². The van der Waals surface area contributed by atoms with Gasteiger partial charge in [-0.05, 0) is 48.4 Å². The van der Waals surface area contributed by atoms with Crippen LogP contribution in [0.1, 0.15) is 11.1 Å². The second kappa shape index (κ2) is 9.08. The van der Waals surface area contributed by atoms with Crippen molar-refractivity contribution in [1.82, 2.24) is 5.32 Å². The summed E-state index contributed by atoms with van der Waals surface area (Å²) in [5.41, 5.74) is 2.52. The van der Waals surface area contributed by atoms with E-state index in [1.165, 1.54) is 11.8 Å². The number of anilines is 1. The van der Waals surface area contributed by atoms with Crippen molar-refractivity contribution < 1.29 is 14.3 Å². The van der Waals surface area contributed by atoms with Gasteiger partial charge in [-0.15, -0.1) is 0 Å². The van der Waals surface area contributed by atoms with E-state index in [1.54, 1.807) is 13.2 Å². The zero-order chi connectivity index (χ0) is 20.1. The lowest BCUT2D eigenvalue weighted by Crippen LogP contribution is -2.31. The third-order valence-corrected chi connectivity index (χ3v) is 5.32. The molecule has 146 valence electrons. The number of carbonyl (C=O) groups is 1. The molecule has 0 aromatic heterocycles. The first kappa shape index (κ1) is 20.2. The molecule has 0 saturated carbocycles. The first-order chi connectivity index (χ1) is 13.5. The summed E-state index contributed by atoms with van der Waals surface area (Å²) in [6.45, 7) is 6.02. The fourth-order valence-corrected chi connectivity index (χ4v) is 3.80. The Hall–Kier alpha value is -2.57. The molecular formula is C21H21ClN2O3S.